The van der Waals surface area contributed by atoms with Crippen LogP contribution in [0.2, 0.25) is 0 Å². The van der Waals surface area contributed by atoms with Crippen LogP contribution in [0.3, 0.4) is 0 Å². The highest BCUT2D eigenvalue weighted by Gasteiger charge is 2.13. The van der Waals surface area contributed by atoms with E-state index in [1.54, 1.807) is 6.26 Å². The van der Waals surface area contributed by atoms with E-state index >= 15 is 0 Å². The number of hydrogen-bond donors (Lipinski definition) is 1. The molecular formula is C23H22N2O5. The number of benzene rings is 2. The minimum Gasteiger partial charge on any atom is -0.488 e. The molecule has 7 nitrogen and oxygen atoms in total. The molecule has 0 fully saturated rings. The standard InChI is InChI=1S/C23H22N2O5/c1-14-10-18-17(5-8-28-18)19(11-14)30-21-13-16(3)15(2)12-20(21)29-9-7-25-6-4-22(26)24-23(25)27/h4-6,8,10-13H,7,9H2,1-3H3,(H,24,26,27). The molecule has 2 heterocycles. The van der Waals surface area contributed by atoms with Gasteiger partial charge in [0.1, 0.15) is 17.9 Å². The third kappa shape index (κ3) is 4.00. The number of H-pyrrole nitrogens is 1. The number of rotatable bonds is 6. The van der Waals surface area contributed by atoms with Gasteiger partial charge >= 0.3 is 5.69 Å². The molecule has 1 N–H and O–H groups in total. The average Bonchev–Trinajstić information content (AvgIpc) is 3.15. The molecule has 0 atom stereocenters. The fourth-order valence-corrected chi connectivity index (χ4v) is 3.20. The Bertz CT molecular complexity index is 1330. The van der Waals surface area contributed by atoms with Crippen LogP contribution in [-0.4, -0.2) is 16.2 Å². The lowest BCUT2D eigenvalue weighted by molar-refractivity contribution is 0.283. The molecule has 7 heteroatoms. The average molecular weight is 406 g/mol. The normalized spacial score (nSPS) is 11.0. The van der Waals surface area contributed by atoms with Crippen molar-refractivity contribution in [3.05, 3.63) is 86.4 Å². The van der Waals surface area contributed by atoms with E-state index in [1.807, 2.05) is 51.1 Å². The Labute approximate surface area is 172 Å². The number of furan rings is 1. The highest BCUT2D eigenvalue weighted by Crippen LogP contribution is 2.38. The number of aromatic amines is 1. The first kappa shape index (κ1) is 19.6. The second kappa shape index (κ2) is 7.94. The minimum absolute atomic E-state index is 0.236. The molecule has 4 rings (SSSR count). The van der Waals surface area contributed by atoms with Crippen LogP contribution >= 0.6 is 0 Å². The van der Waals surface area contributed by atoms with E-state index < -0.39 is 11.2 Å². The number of nitrogens with one attached hydrogen (secondary N) is 1. The van der Waals surface area contributed by atoms with Gasteiger partial charge in [0.15, 0.2) is 11.5 Å². The highest BCUT2D eigenvalue weighted by molar-refractivity contribution is 5.85. The summed E-state index contributed by atoms with van der Waals surface area (Å²) < 4.78 is 19.1. The van der Waals surface area contributed by atoms with Gasteiger partial charge in [0.2, 0.25) is 0 Å². The second-order valence-electron chi connectivity index (χ2n) is 7.23. The number of aromatic nitrogens is 2. The highest BCUT2D eigenvalue weighted by atomic mass is 16.5. The van der Waals surface area contributed by atoms with Gasteiger partial charge in [-0.2, -0.15) is 0 Å². The first-order valence-corrected chi connectivity index (χ1v) is 9.60. The molecule has 0 radical (unpaired) electrons. The maximum atomic E-state index is 11.8. The van der Waals surface area contributed by atoms with E-state index in [0.717, 1.165) is 27.7 Å². The van der Waals surface area contributed by atoms with Crippen LogP contribution in [0.5, 0.6) is 17.2 Å². The summed E-state index contributed by atoms with van der Waals surface area (Å²) in [5.74, 6) is 1.84. The van der Waals surface area contributed by atoms with Crippen molar-refractivity contribution in [2.75, 3.05) is 6.61 Å². The lowest BCUT2D eigenvalue weighted by Gasteiger charge is -2.16. The molecule has 0 unspecified atom stereocenters. The molecule has 0 aliphatic rings. The van der Waals surface area contributed by atoms with Crippen LogP contribution < -0.4 is 20.7 Å². The zero-order valence-electron chi connectivity index (χ0n) is 17.0. The van der Waals surface area contributed by atoms with Gasteiger partial charge in [-0.1, -0.05) is 0 Å². The molecule has 0 aliphatic heterocycles. The Morgan fingerprint density at radius 3 is 2.50 bits per heavy atom. The number of hydrogen-bond acceptors (Lipinski definition) is 5. The van der Waals surface area contributed by atoms with E-state index in [4.69, 9.17) is 13.9 Å². The van der Waals surface area contributed by atoms with Crippen LogP contribution in [0.4, 0.5) is 0 Å². The predicted octanol–water partition coefficient (Wildman–Crippen LogP) is 4.08. The largest absolute Gasteiger partial charge is 0.488 e. The quantitative estimate of drug-likeness (QED) is 0.521. The molecule has 0 spiro atoms. The van der Waals surface area contributed by atoms with Gasteiger partial charge in [0.05, 0.1) is 18.2 Å². The van der Waals surface area contributed by atoms with Crippen molar-refractivity contribution in [1.29, 1.82) is 0 Å². The SMILES string of the molecule is Cc1cc(Oc2cc(C)c(C)cc2OCCn2ccc(=O)[nH]c2=O)c2ccoc2c1. The van der Waals surface area contributed by atoms with Crippen LogP contribution in [-0.2, 0) is 6.54 Å². The van der Waals surface area contributed by atoms with E-state index in [1.165, 1.54) is 16.8 Å². The van der Waals surface area contributed by atoms with Crippen LogP contribution in [0, 0.1) is 20.8 Å². The number of nitrogens with zero attached hydrogens (tertiary/aromatic N) is 1. The Balaban J connectivity index is 1.60. The third-order valence-corrected chi connectivity index (χ3v) is 4.94. The lowest BCUT2D eigenvalue weighted by Crippen LogP contribution is -2.30. The van der Waals surface area contributed by atoms with Crippen molar-refractivity contribution < 1.29 is 13.9 Å². The zero-order chi connectivity index (χ0) is 21.3. The van der Waals surface area contributed by atoms with Crippen molar-refractivity contribution in [1.82, 2.24) is 9.55 Å². The monoisotopic (exact) mass is 406 g/mol. The Morgan fingerprint density at radius 1 is 0.967 bits per heavy atom. The Hall–Kier alpha value is -3.74. The van der Waals surface area contributed by atoms with Crippen molar-refractivity contribution in [3.8, 4) is 17.2 Å². The predicted molar refractivity (Wildman–Crippen MR) is 114 cm³/mol. The summed E-state index contributed by atoms with van der Waals surface area (Å²) in [6.45, 7) is 6.52. The Kier molecular flexibility index (Phi) is 5.18. The zero-order valence-corrected chi connectivity index (χ0v) is 17.0. The summed E-state index contributed by atoms with van der Waals surface area (Å²) in [5.41, 5.74) is 3.03. The fourth-order valence-electron chi connectivity index (χ4n) is 3.20. The molecule has 0 aliphatic carbocycles. The van der Waals surface area contributed by atoms with E-state index in [0.29, 0.717) is 23.8 Å². The molecule has 0 saturated heterocycles. The Morgan fingerprint density at radius 2 is 1.73 bits per heavy atom. The fraction of sp³-hybridized carbons (Fsp3) is 0.217. The second-order valence-corrected chi connectivity index (χ2v) is 7.23. The van der Waals surface area contributed by atoms with Crippen molar-refractivity contribution >= 4 is 11.0 Å². The van der Waals surface area contributed by atoms with Crippen molar-refractivity contribution in [2.24, 2.45) is 0 Å². The maximum absolute atomic E-state index is 11.8. The maximum Gasteiger partial charge on any atom is 0.328 e. The van der Waals surface area contributed by atoms with Gasteiger partial charge < -0.3 is 13.9 Å². The van der Waals surface area contributed by atoms with Crippen molar-refractivity contribution in [3.63, 3.8) is 0 Å². The minimum atomic E-state index is -0.468. The molecule has 0 bridgehead atoms. The van der Waals surface area contributed by atoms with Crippen LogP contribution in [0.25, 0.3) is 11.0 Å². The molecule has 154 valence electrons. The van der Waals surface area contributed by atoms with Gasteiger partial charge in [-0.05, 0) is 67.8 Å². The van der Waals surface area contributed by atoms with Gasteiger partial charge in [0, 0.05) is 12.3 Å². The van der Waals surface area contributed by atoms with Gasteiger partial charge in [0.25, 0.3) is 5.56 Å². The summed E-state index contributed by atoms with van der Waals surface area (Å²) in [5, 5.41) is 0.879. The summed E-state index contributed by atoms with van der Waals surface area (Å²) in [4.78, 5) is 25.3. The third-order valence-electron chi connectivity index (χ3n) is 4.94. The molecule has 0 saturated carbocycles. The van der Waals surface area contributed by atoms with Gasteiger partial charge in [-0.25, -0.2) is 4.79 Å². The lowest BCUT2D eigenvalue weighted by atomic mass is 10.1. The number of fused-ring (bicyclic) bond motifs is 1. The van der Waals surface area contributed by atoms with E-state index in [-0.39, 0.29) is 6.61 Å². The van der Waals surface area contributed by atoms with Gasteiger partial charge in [-0.15, -0.1) is 0 Å². The topological polar surface area (TPSA) is 86.5 Å². The number of ether oxygens (including phenoxy) is 2. The van der Waals surface area contributed by atoms with Gasteiger partial charge in [-0.3, -0.25) is 14.3 Å². The van der Waals surface area contributed by atoms with Crippen LogP contribution in [0.15, 0.2) is 62.9 Å². The smallest absolute Gasteiger partial charge is 0.328 e. The first-order valence-electron chi connectivity index (χ1n) is 9.60. The molecular weight excluding hydrogens is 384 g/mol. The molecule has 2 aromatic heterocycles. The van der Waals surface area contributed by atoms with E-state index in [9.17, 15) is 9.59 Å². The molecule has 30 heavy (non-hydrogen) atoms. The molecule has 4 aromatic rings. The van der Waals surface area contributed by atoms with E-state index in [2.05, 4.69) is 4.98 Å². The summed E-state index contributed by atoms with van der Waals surface area (Å²) in [6, 6.07) is 10.9. The summed E-state index contributed by atoms with van der Waals surface area (Å²) >= 11 is 0. The summed E-state index contributed by atoms with van der Waals surface area (Å²) in [7, 11) is 0. The molecule has 0 amide bonds. The molecule has 2 aromatic carbocycles. The van der Waals surface area contributed by atoms with Crippen LogP contribution in [0.1, 0.15) is 16.7 Å². The van der Waals surface area contributed by atoms with Crippen molar-refractivity contribution in [2.45, 2.75) is 27.3 Å². The summed E-state index contributed by atoms with van der Waals surface area (Å²) in [6.07, 6.45) is 3.08. The first-order chi connectivity index (χ1) is 14.4. The number of aryl methyl sites for hydroxylation is 3.